The second-order valence-electron chi connectivity index (χ2n) is 7.26. The summed E-state index contributed by atoms with van der Waals surface area (Å²) in [5, 5.41) is 19.0. The third kappa shape index (κ3) is 6.10. The lowest BCUT2D eigenvalue weighted by molar-refractivity contribution is -0.136. The lowest BCUT2D eigenvalue weighted by atomic mass is 10.2. The topological polar surface area (TPSA) is 122 Å². The van der Waals surface area contributed by atoms with Gasteiger partial charge in [0.2, 0.25) is 5.91 Å². The van der Waals surface area contributed by atoms with Crippen molar-refractivity contribution in [3.63, 3.8) is 0 Å². The van der Waals surface area contributed by atoms with Crippen LogP contribution >= 0.6 is 58.5 Å². The maximum Gasteiger partial charge on any atom is 0.316 e. The Bertz CT molecular complexity index is 1550. The van der Waals surface area contributed by atoms with Crippen molar-refractivity contribution in [1.29, 1.82) is 0 Å². The number of carbonyl (C=O) groups is 2. The van der Waals surface area contributed by atoms with E-state index >= 15 is 0 Å². The van der Waals surface area contributed by atoms with Gasteiger partial charge in [0, 0.05) is 11.1 Å². The van der Waals surface area contributed by atoms with Crippen molar-refractivity contribution in [2.45, 2.75) is 23.1 Å². The van der Waals surface area contributed by atoms with Crippen LogP contribution in [0.5, 0.6) is 0 Å². The fourth-order valence-corrected chi connectivity index (χ4v) is 5.68. The molecule has 36 heavy (non-hydrogen) atoms. The van der Waals surface area contributed by atoms with Crippen molar-refractivity contribution in [2.24, 2.45) is 0 Å². The Morgan fingerprint density at radius 2 is 2.00 bits per heavy atom. The molecule has 0 saturated heterocycles. The molecule has 186 valence electrons. The van der Waals surface area contributed by atoms with Crippen molar-refractivity contribution >= 4 is 98.5 Å². The lowest BCUT2D eigenvalue weighted by Gasteiger charge is -2.12. The molecule has 2 aromatic carbocycles. The summed E-state index contributed by atoms with van der Waals surface area (Å²) in [7, 11) is 0. The summed E-state index contributed by atoms with van der Waals surface area (Å²) in [6.07, 6.45) is 1.32. The highest BCUT2D eigenvalue weighted by atomic mass is 35.5. The van der Waals surface area contributed by atoms with Crippen molar-refractivity contribution in [3.05, 3.63) is 56.5 Å². The van der Waals surface area contributed by atoms with Gasteiger partial charge in [0.25, 0.3) is 0 Å². The third-order valence-corrected chi connectivity index (χ3v) is 7.89. The van der Waals surface area contributed by atoms with E-state index in [0.717, 1.165) is 29.2 Å². The molecule has 0 aliphatic carbocycles. The number of fused-ring (bicyclic) bond motifs is 1. The third-order valence-electron chi connectivity index (χ3n) is 4.69. The van der Waals surface area contributed by atoms with Gasteiger partial charge in [0.1, 0.15) is 29.8 Å². The van der Waals surface area contributed by atoms with E-state index < -0.39 is 22.9 Å². The summed E-state index contributed by atoms with van der Waals surface area (Å²) in [6, 6.07) is 7.42. The van der Waals surface area contributed by atoms with Gasteiger partial charge in [-0.1, -0.05) is 46.3 Å². The predicted molar refractivity (Wildman–Crippen MR) is 142 cm³/mol. The smallest absolute Gasteiger partial charge is 0.316 e. The monoisotopic (exact) mass is 584 g/mol. The van der Waals surface area contributed by atoms with Crippen LogP contribution in [-0.2, 0) is 16.1 Å². The van der Waals surface area contributed by atoms with Crippen molar-refractivity contribution < 1.29 is 19.1 Å². The van der Waals surface area contributed by atoms with Gasteiger partial charge in [-0.05, 0) is 49.5 Å². The molecule has 0 aliphatic rings. The van der Waals surface area contributed by atoms with Crippen LogP contribution in [0.2, 0.25) is 10.0 Å². The van der Waals surface area contributed by atoms with Crippen LogP contribution in [0.3, 0.4) is 0 Å². The molecular formula is C21H15Cl2FN6O3S3. The highest BCUT2D eigenvalue weighted by Crippen LogP contribution is 2.32. The van der Waals surface area contributed by atoms with E-state index in [-0.39, 0.29) is 22.3 Å². The van der Waals surface area contributed by atoms with Gasteiger partial charge in [-0.3, -0.25) is 9.59 Å². The Hall–Kier alpha value is -2.84. The number of thioether (sulfide) groups is 1. The maximum absolute atomic E-state index is 14.4. The molecule has 0 bridgehead atoms. The van der Waals surface area contributed by atoms with Gasteiger partial charge in [0.05, 0.1) is 21.2 Å². The standard InChI is InChI=1S/C21H15Cl2FN6O3S3/c1-9(19(32)33)35-20-29-30(21(34)36-20)7-17(31)27-10-2-3-15-11(4-10)18(26-8-25-15)28-16-6-13(23)12(22)5-14(16)24/h2-6,8-9H,7H2,1H3,(H,27,31)(H,32,33)(H,25,26,28). The summed E-state index contributed by atoms with van der Waals surface area (Å²) in [4.78, 5) is 32.1. The van der Waals surface area contributed by atoms with Gasteiger partial charge in [-0.15, -0.1) is 0 Å². The van der Waals surface area contributed by atoms with Crippen LogP contribution in [0, 0.1) is 9.77 Å². The zero-order valence-electron chi connectivity index (χ0n) is 18.2. The molecule has 1 amide bonds. The second kappa shape index (κ2) is 11.0. The number of carboxylic acids is 1. The normalized spacial score (nSPS) is 11.9. The van der Waals surface area contributed by atoms with Gasteiger partial charge >= 0.3 is 5.97 Å². The molecule has 0 fully saturated rings. The fraction of sp³-hybridized carbons (Fsp3) is 0.143. The molecule has 3 N–H and O–H groups in total. The lowest BCUT2D eigenvalue weighted by Crippen LogP contribution is -2.19. The Kier molecular flexibility index (Phi) is 8.05. The van der Waals surface area contributed by atoms with Crippen molar-refractivity contribution in [1.82, 2.24) is 19.7 Å². The minimum atomic E-state index is -0.971. The van der Waals surface area contributed by atoms with Crippen LogP contribution in [0.1, 0.15) is 6.92 Å². The molecule has 1 atom stereocenters. The molecule has 2 aromatic heterocycles. The van der Waals surface area contributed by atoms with Crippen molar-refractivity contribution in [2.75, 3.05) is 10.6 Å². The molecule has 9 nitrogen and oxygen atoms in total. The van der Waals surface area contributed by atoms with Crippen LogP contribution in [0.15, 0.2) is 41.0 Å². The number of carbonyl (C=O) groups excluding carboxylic acids is 1. The molecule has 0 spiro atoms. The molecule has 0 radical (unpaired) electrons. The number of benzene rings is 2. The van der Waals surface area contributed by atoms with E-state index in [9.17, 15) is 14.0 Å². The Balaban J connectivity index is 1.53. The number of aromatic nitrogens is 4. The SMILES string of the molecule is CC(Sc1nn(CC(=O)Nc2ccc3ncnc(Nc4cc(Cl)c(Cl)cc4F)c3c2)c(=S)s1)C(=O)O. The van der Waals surface area contributed by atoms with Gasteiger partial charge in [0.15, 0.2) is 8.29 Å². The largest absolute Gasteiger partial charge is 0.480 e. The molecule has 1 unspecified atom stereocenters. The molecule has 15 heteroatoms. The minimum Gasteiger partial charge on any atom is -0.480 e. The highest BCUT2D eigenvalue weighted by Gasteiger charge is 2.17. The number of hydrogen-bond acceptors (Lipinski definition) is 9. The number of amides is 1. The zero-order chi connectivity index (χ0) is 26.0. The quantitative estimate of drug-likeness (QED) is 0.130. The highest BCUT2D eigenvalue weighted by molar-refractivity contribution is 8.02. The predicted octanol–water partition coefficient (Wildman–Crippen LogP) is 6.01. The van der Waals surface area contributed by atoms with Gasteiger partial charge in [-0.2, -0.15) is 5.10 Å². The van der Waals surface area contributed by atoms with E-state index in [2.05, 4.69) is 25.7 Å². The first-order valence-electron chi connectivity index (χ1n) is 10.0. The zero-order valence-corrected chi connectivity index (χ0v) is 22.1. The molecule has 0 saturated carbocycles. The van der Waals surface area contributed by atoms with E-state index in [0.29, 0.717) is 30.7 Å². The second-order valence-corrected chi connectivity index (χ2v) is 11.3. The van der Waals surface area contributed by atoms with Crippen molar-refractivity contribution in [3.8, 4) is 0 Å². The van der Waals surface area contributed by atoms with Crippen LogP contribution < -0.4 is 10.6 Å². The number of carboxylic acid groups (broad SMARTS) is 1. The van der Waals surface area contributed by atoms with E-state index in [1.165, 1.54) is 24.0 Å². The minimum absolute atomic E-state index is 0.0719. The first-order valence-corrected chi connectivity index (χ1v) is 12.9. The van der Waals surface area contributed by atoms with E-state index in [1.807, 2.05) is 0 Å². The summed E-state index contributed by atoms with van der Waals surface area (Å²) >= 11 is 19.3. The summed E-state index contributed by atoms with van der Waals surface area (Å²) in [5.41, 5.74) is 1.07. The van der Waals surface area contributed by atoms with Crippen LogP contribution in [0.4, 0.5) is 21.6 Å². The number of halogens is 3. The van der Waals surface area contributed by atoms with E-state index in [1.54, 1.807) is 18.2 Å². The summed E-state index contributed by atoms with van der Waals surface area (Å²) < 4.78 is 16.5. The van der Waals surface area contributed by atoms with Gasteiger partial charge < -0.3 is 15.7 Å². The molecule has 2 heterocycles. The number of anilines is 3. The molecule has 0 aliphatic heterocycles. The first-order chi connectivity index (χ1) is 17.1. The molecule has 4 rings (SSSR count). The molecule has 4 aromatic rings. The summed E-state index contributed by atoms with van der Waals surface area (Å²) in [6.45, 7) is 1.37. The average molecular weight is 585 g/mol. The van der Waals surface area contributed by atoms with Crippen LogP contribution in [0.25, 0.3) is 10.9 Å². The van der Waals surface area contributed by atoms with E-state index in [4.69, 9.17) is 40.5 Å². The van der Waals surface area contributed by atoms with Gasteiger partial charge in [-0.25, -0.2) is 19.0 Å². The summed E-state index contributed by atoms with van der Waals surface area (Å²) in [5.74, 6) is -1.69. The van der Waals surface area contributed by atoms with Crippen LogP contribution in [-0.4, -0.2) is 42.0 Å². The number of nitrogens with zero attached hydrogens (tertiary/aromatic N) is 4. The Morgan fingerprint density at radius 1 is 1.25 bits per heavy atom. The number of hydrogen-bond donors (Lipinski definition) is 3. The Morgan fingerprint density at radius 3 is 2.75 bits per heavy atom. The Labute approximate surface area is 226 Å². The maximum atomic E-state index is 14.4. The average Bonchev–Trinajstić information content (AvgIpc) is 3.15. The first kappa shape index (κ1) is 26.2. The number of nitrogens with one attached hydrogen (secondary N) is 2. The number of aliphatic carboxylic acids is 1. The number of rotatable bonds is 8. The molecular weight excluding hydrogens is 570 g/mol. The fourth-order valence-electron chi connectivity index (χ4n) is 2.95.